The molecule has 0 aliphatic carbocycles. The average Bonchev–Trinajstić information content (AvgIpc) is 3.30. The first-order valence-electron chi connectivity index (χ1n) is 11.3. The van der Waals surface area contributed by atoms with Crippen LogP contribution in [0.2, 0.25) is 10.0 Å². The lowest BCUT2D eigenvalue weighted by Gasteiger charge is -2.35. The van der Waals surface area contributed by atoms with Gasteiger partial charge in [-0.2, -0.15) is 4.98 Å². The average molecular weight is 496 g/mol. The number of aromatic nitrogens is 3. The third-order valence-electron chi connectivity index (χ3n) is 5.92. The lowest BCUT2D eigenvalue weighted by Crippen LogP contribution is -2.49. The fourth-order valence-corrected chi connectivity index (χ4v) is 4.47. The number of rotatable bonds is 5. The molecule has 34 heavy (non-hydrogen) atoms. The van der Waals surface area contributed by atoms with Gasteiger partial charge in [-0.3, -0.25) is 4.79 Å². The van der Waals surface area contributed by atoms with Gasteiger partial charge in [0.15, 0.2) is 0 Å². The molecule has 0 atom stereocenters. The first-order valence-corrected chi connectivity index (χ1v) is 12.0. The van der Waals surface area contributed by atoms with E-state index < -0.39 is 0 Å². The molecule has 0 spiro atoms. The number of halogens is 2. The SMILES string of the molecule is CCCc1nc(N2CCN(C(=O)c3ccc(Cl)c(Cl)c3)CC2)c2c(-c3ccccc3)noc2n1. The number of piperazine rings is 1. The molecule has 0 unspecified atom stereocenters. The largest absolute Gasteiger partial charge is 0.352 e. The van der Waals surface area contributed by atoms with E-state index in [-0.39, 0.29) is 5.91 Å². The highest BCUT2D eigenvalue weighted by atomic mass is 35.5. The summed E-state index contributed by atoms with van der Waals surface area (Å²) in [7, 11) is 0. The van der Waals surface area contributed by atoms with Gasteiger partial charge in [0.2, 0.25) is 0 Å². The minimum absolute atomic E-state index is 0.0623. The van der Waals surface area contributed by atoms with E-state index >= 15 is 0 Å². The Labute approximate surface area is 207 Å². The van der Waals surface area contributed by atoms with Crippen molar-refractivity contribution in [2.24, 2.45) is 0 Å². The Balaban J connectivity index is 1.44. The molecule has 0 radical (unpaired) electrons. The number of anilines is 1. The molecule has 1 saturated heterocycles. The molecule has 5 rings (SSSR count). The van der Waals surface area contributed by atoms with Crippen LogP contribution in [-0.2, 0) is 6.42 Å². The van der Waals surface area contributed by atoms with Crippen LogP contribution in [0.15, 0.2) is 53.1 Å². The highest BCUT2D eigenvalue weighted by molar-refractivity contribution is 6.42. The van der Waals surface area contributed by atoms with Crippen molar-refractivity contribution in [3.8, 4) is 11.3 Å². The molecule has 1 aliphatic rings. The number of aryl methyl sites for hydroxylation is 1. The Morgan fingerprint density at radius 3 is 2.47 bits per heavy atom. The third-order valence-corrected chi connectivity index (χ3v) is 6.66. The van der Waals surface area contributed by atoms with Gasteiger partial charge >= 0.3 is 0 Å². The van der Waals surface area contributed by atoms with Crippen LogP contribution in [0.5, 0.6) is 0 Å². The summed E-state index contributed by atoms with van der Waals surface area (Å²) in [6.45, 7) is 4.46. The molecule has 4 aromatic rings. The second-order valence-corrected chi connectivity index (χ2v) is 9.01. The normalized spacial score (nSPS) is 14.1. The Morgan fingerprint density at radius 1 is 1.00 bits per heavy atom. The summed E-state index contributed by atoms with van der Waals surface area (Å²) in [6.07, 6.45) is 1.68. The zero-order chi connectivity index (χ0) is 23.7. The topological polar surface area (TPSA) is 75.4 Å². The van der Waals surface area contributed by atoms with Crippen molar-refractivity contribution < 1.29 is 9.32 Å². The summed E-state index contributed by atoms with van der Waals surface area (Å²) in [5.41, 5.74) is 2.69. The quantitative estimate of drug-likeness (QED) is 0.363. The number of hydrogen-bond acceptors (Lipinski definition) is 6. The van der Waals surface area contributed by atoms with Crippen LogP contribution in [0.4, 0.5) is 5.82 Å². The maximum Gasteiger partial charge on any atom is 0.263 e. The Hall–Kier alpha value is -3.16. The van der Waals surface area contributed by atoms with Crippen molar-refractivity contribution in [1.82, 2.24) is 20.0 Å². The number of fused-ring (bicyclic) bond motifs is 1. The maximum absolute atomic E-state index is 13.0. The third kappa shape index (κ3) is 4.33. The van der Waals surface area contributed by atoms with Crippen LogP contribution in [0.3, 0.4) is 0 Å². The van der Waals surface area contributed by atoms with E-state index in [0.717, 1.165) is 41.1 Å². The Bertz CT molecular complexity index is 1330. The fourth-order valence-electron chi connectivity index (χ4n) is 4.17. The van der Waals surface area contributed by atoms with Crippen LogP contribution in [-0.4, -0.2) is 52.1 Å². The highest BCUT2D eigenvalue weighted by Crippen LogP contribution is 2.34. The number of carbonyl (C=O) groups excluding carboxylic acids is 1. The van der Waals surface area contributed by atoms with Crippen LogP contribution < -0.4 is 4.90 Å². The van der Waals surface area contributed by atoms with Gasteiger partial charge in [-0.15, -0.1) is 0 Å². The molecule has 3 heterocycles. The molecule has 1 aliphatic heterocycles. The van der Waals surface area contributed by atoms with Gasteiger partial charge in [0.1, 0.15) is 22.7 Å². The van der Waals surface area contributed by atoms with E-state index in [9.17, 15) is 4.79 Å². The van der Waals surface area contributed by atoms with Crippen LogP contribution in [0, 0.1) is 0 Å². The molecule has 1 amide bonds. The second-order valence-electron chi connectivity index (χ2n) is 8.20. The molecule has 0 bridgehead atoms. The lowest BCUT2D eigenvalue weighted by atomic mass is 10.1. The minimum Gasteiger partial charge on any atom is -0.352 e. The zero-order valence-corrected chi connectivity index (χ0v) is 20.2. The summed E-state index contributed by atoms with van der Waals surface area (Å²) in [4.78, 5) is 26.5. The summed E-state index contributed by atoms with van der Waals surface area (Å²) in [5.74, 6) is 1.47. The van der Waals surface area contributed by atoms with Crippen LogP contribution in [0.25, 0.3) is 22.4 Å². The zero-order valence-electron chi connectivity index (χ0n) is 18.7. The summed E-state index contributed by atoms with van der Waals surface area (Å²) in [5, 5.41) is 5.94. The fraction of sp³-hybridized carbons (Fsp3) is 0.280. The second kappa shape index (κ2) is 9.60. The van der Waals surface area contributed by atoms with E-state index in [1.165, 1.54) is 0 Å². The molecule has 0 saturated carbocycles. The van der Waals surface area contributed by atoms with Gasteiger partial charge in [0.25, 0.3) is 11.6 Å². The molecule has 174 valence electrons. The minimum atomic E-state index is -0.0623. The molecule has 9 heteroatoms. The van der Waals surface area contributed by atoms with E-state index in [2.05, 4.69) is 22.0 Å². The monoisotopic (exact) mass is 495 g/mol. The highest BCUT2D eigenvalue weighted by Gasteiger charge is 2.27. The van der Waals surface area contributed by atoms with Gasteiger partial charge in [0.05, 0.1) is 10.0 Å². The van der Waals surface area contributed by atoms with Crippen molar-refractivity contribution in [1.29, 1.82) is 0 Å². The number of carbonyl (C=O) groups is 1. The number of nitrogens with zero attached hydrogens (tertiary/aromatic N) is 5. The molecular formula is C25H23Cl2N5O2. The van der Waals surface area contributed by atoms with Gasteiger partial charge in [-0.05, 0) is 24.6 Å². The summed E-state index contributed by atoms with van der Waals surface area (Å²) >= 11 is 12.1. The van der Waals surface area contributed by atoms with Crippen LogP contribution >= 0.6 is 23.2 Å². The molecular weight excluding hydrogens is 473 g/mol. The molecule has 2 aromatic heterocycles. The van der Waals surface area contributed by atoms with E-state index in [1.54, 1.807) is 18.2 Å². The smallest absolute Gasteiger partial charge is 0.263 e. The van der Waals surface area contributed by atoms with Crippen molar-refractivity contribution in [3.63, 3.8) is 0 Å². The lowest BCUT2D eigenvalue weighted by molar-refractivity contribution is 0.0746. The van der Waals surface area contributed by atoms with E-state index in [0.29, 0.717) is 47.5 Å². The van der Waals surface area contributed by atoms with E-state index in [1.807, 2.05) is 35.2 Å². The Kier molecular flexibility index (Phi) is 6.39. The summed E-state index contributed by atoms with van der Waals surface area (Å²) in [6, 6.07) is 14.9. The molecule has 2 aromatic carbocycles. The number of benzene rings is 2. The predicted octanol–water partition coefficient (Wildman–Crippen LogP) is 5.51. The van der Waals surface area contributed by atoms with Crippen molar-refractivity contribution in [2.45, 2.75) is 19.8 Å². The standard InChI is InChI=1S/C25H23Cl2N5O2/c1-2-6-20-28-23(21-22(30-34-24(21)29-20)16-7-4-3-5-8-16)31-11-13-32(14-12-31)25(33)17-9-10-18(26)19(27)15-17/h3-5,7-10,15H,2,6,11-14H2,1H3. The first-order chi connectivity index (χ1) is 16.5. The number of amides is 1. The summed E-state index contributed by atoms with van der Waals surface area (Å²) < 4.78 is 5.64. The van der Waals surface area contributed by atoms with E-state index in [4.69, 9.17) is 32.7 Å². The van der Waals surface area contributed by atoms with Crippen LogP contribution in [0.1, 0.15) is 29.5 Å². The van der Waals surface area contributed by atoms with Gasteiger partial charge < -0.3 is 14.3 Å². The van der Waals surface area contributed by atoms with Crippen molar-refractivity contribution in [3.05, 3.63) is 70.0 Å². The van der Waals surface area contributed by atoms with Gasteiger partial charge in [0, 0.05) is 43.7 Å². The Morgan fingerprint density at radius 2 is 1.76 bits per heavy atom. The van der Waals surface area contributed by atoms with Gasteiger partial charge in [-0.1, -0.05) is 65.6 Å². The molecule has 1 fully saturated rings. The maximum atomic E-state index is 13.0. The molecule has 7 nitrogen and oxygen atoms in total. The predicted molar refractivity (Wildman–Crippen MR) is 134 cm³/mol. The van der Waals surface area contributed by atoms with Crippen molar-refractivity contribution >= 4 is 46.0 Å². The first kappa shape index (κ1) is 22.6. The molecule has 0 N–H and O–H groups in total. The van der Waals surface area contributed by atoms with Crippen molar-refractivity contribution in [2.75, 3.05) is 31.1 Å². The van der Waals surface area contributed by atoms with Gasteiger partial charge in [-0.25, -0.2) is 4.98 Å². The number of hydrogen-bond donors (Lipinski definition) is 0.